The van der Waals surface area contributed by atoms with Gasteiger partial charge in [-0.15, -0.1) is 0 Å². The lowest BCUT2D eigenvalue weighted by Crippen LogP contribution is -2.29. The largest absolute Gasteiger partial charge is 0.486 e. The lowest BCUT2D eigenvalue weighted by atomic mass is 10.1. The normalized spacial score (nSPS) is 10.0. The van der Waals surface area contributed by atoms with Gasteiger partial charge in [-0.25, -0.2) is 4.79 Å². The molecule has 0 aliphatic heterocycles. The number of nitrogens with one attached hydrogen (secondary N) is 1. The van der Waals surface area contributed by atoms with E-state index >= 15 is 0 Å². The van der Waals surface area contributed by atoms with Gasteiger partial charge < -0.3 is 15.2 Å². The first-order chi connectivity index (χ1) is 11.0. The first kappa shape index (κ1) is 16.8. The van der Waals surface area contributed by atoms with E-state index in [4.69, 9.17) is 9.84 Å². The van der Waals surface area contributed by atoms with Crippen molar-refractivity contribution in [3.8, 4) is 5.75 Å². The maximum absolute atomic E-state index is 12.2. The quantitative estimate of drug-likeness (QED) is 0.825. The lowest BCUT2D eigenvalue weighted by molar-refractivity contribution is 0.209. The van der Waals surface area contributed by atoms with Crippen LogP contribution in [0.15, 0.2) is 48.5 Å². The minimum atomic E-state index is -0.502. The molecule has 0 heterocycles. The van der Waals surface area contributed by atoms with Crippen molar-refractivity contribution < 1.29 is 14.6 Å². The van der Waals surface area contributed by atoms with Crippen LogP contribution in [0.4, 0.5) is 16.2 Å². The zero-order chi connectivity index (χ0) is 16.8. The van der Waals surface area contributed by atoms with E-state index in [0.29, 0.717) is 11.4 Å². The van der Waals surface area contributed by atoms with E-state index in [0.717, 1.165) is 12.1 Å². The summed E-state index contributed by atoms with van der Waals surface area (Å²) in [5, 5.41) is 11.3. The molecular weight excluding hydrogens is 312 g/mol. The fourth-order valence-electron chi connectivity index (χ4n) is 1.99. The molecule has 0 saturated heterocycles. The third kappa shape index (κ3) is 4.69. The Morgan fingerprint density at radius 1 is 1.26 bits per heavy atom. The van der Waals surface area contributed by atoms with Gasteiger partial charge in [-0.05, 0) is 48.5 Å². The molecule has 2 N–H and O–H groups in total. The number of aliphatic hydroxyl groups is 1. The number of carbonyl (C=O) groups excluding carboxylic acids is 1. The molecule has 0 aromatic heterocycles. The van der Waals surface area contributed by atoms with Crippen molar-refractivity contribution in [3.05, 3.63) is 54.1 Å². The van der Waals surface area contributed by atoms with Crippen molar-refractivity contribution >= 4 is 34.9 Å². The van der Waals surface area contributed by atoms with E-state index in [1.807, 2.05) is 24.3 Å². The topological polar surface area (TPSA) is 61.8 Å². The highest BCUT2D eigenvalue weighted by molar-refractivity contribution is 7.80. The number of aryl methyl sites for hydroxylation is 1. The molecule has 0 atom stereocenters. The molecule has 0 fully saturated rings. The number of anilines is 2. The van der Waals surface area contributed by atoms with Crippen molar-refractivity contribution in [1.29, 1.82) is 0 Å². The predicted octanol–water partition coefficient (Wildman–Crippen LogP) is 4.14. The summed E-state index contributed by atoms with van der Waals surface area (Å²) in [6.45, 7) is 2.08. The Labute approximate surface area is 140 Å². The average Bonchev–Trinajstić information content (AvgIpc) is 2.54. The molecule has 2 aromatic rings. The van der Waals surface area contributed by atoms with Crippen molar-refractivity contribution in [3.63, 3.8) is 0 Å². The second kappa shape index (κ2) is 7.60. The second-order valence-electron chi connectivity index (χ2n) is 4.90. The summed E-state index contributed by atoms with van der Waals surface area (Å²) in [5.41, 5.74) is 2.49. The van der Waals surface area contributed by atoms with Crippen LogP contribution in [0.5, 0.6) is 5.75 Å². The van der Waals surface area contributed by atoms with Gasteiger partial charge in [0.05, 0.1) is 0 Å². The van der Waals surface area contributed by atoms with E-state index in [-0.39, 0.29) is 5.17 Å². The van der Waals surface area contributed by atoms with Gasteiger partial charge in [-0.3, -0.25) is 4.90 Å². The summed E-state index contributed by atoms with van der Waals surface area (Å²) >= 11 is 4.56. The van der Waals surface area contributed by atoms with Crippen LogP contribution >= 0.6 is 12.2 Å². The van der Waals surface area contributed by atoms with Crippen molar-refractivity contribution in [1.82, 2.24) is 0 Å². The molecule has 1 amide bonds. The second-order valence-corrected chi connectivity index (χ2v) is 5.29. The van der Waals surface area contributed by atoms with E-state index in [9.17, 15) is 4.79 Å². The smallest absolute Gasteiger partial charge is 0.419 e. The Balaban J connectivity index is 2.06. The van der Waals surface area contributed by atoms with Crippen LogP contribution in [0.3, 0.4) is 0 Å². The van der Waals surface area contributed by atoms with Crippen LogP contribution < -0.4 is 15.0 Å². The van der Waals surface area contributed by atoms with Gasteiger partial charge in [-0.2, -0.15) is 0 Å². The van der Waals surface area contributed by atoms with Crippen LogP contribution in [0.25, 0.3) is 0 Å². The molecular formula is C17H18N2O3S. The number of ether oxygens (including phenoxy) is 1. The van der Waals surface area contributed by atoms with Crippen LogP contribution in [0, 0.1) is 0 Å². The molecule has 2 aromatic carbocycles. The molecule has 120 valence electrons. The van der Waals surface area contributed by atoms with E-state index in [2.05, 4.69) is 24.5 Å². The van der Waals surface area contributed by atoms with E-state index in [1.54, 1.807) is 31.3 Å². The maximum atomic E-state index is 12.2. The summed E-state index contributed by atoms with van der Waals surface area (Å²) < 4.78 is 5.33. The Kier molecular flexibility index (Phi) is 5.54. The standard InChI is InChI=1S/C17H18N2O3S/c1-3-12-7-9-14(10-8-12)19(2)17(21)22-15-6-4-5-13(11-15)18-16(20)23/h4-11H,3H2,1-2H3,(H2,18,20,23). The molecule has 0 spiro atoms. The number of amides is 1. The third-order valence-electron chi connectivity index (χ3n) is 3.30. The summed E-state index contributed by atoms with van der Waals surface area (Å²) in [4.78, 5) is 13.6. The van der Waals surface area contributed by atoms with Crippen LogP contribution in [0.2, 0.25) is 0 Å². The summed E-state index contributed by atoms with van der Waals surface area (Å²) in [6.07, 6.45) is 0.444. The van der Waals surface area contributed by atoms with Gasteiger partial charge in [0.2, 0.25) is 0 Å². The summed E-state index contributed by atoms with van der Waals surface area (Å²) in [6, 6.07) is 14.3. The highest BCUT2D eigenvalue weighted by Gasteiger charge is 2.13. The molecule has 0 aliphatic carbocycles. The highest BCUT2D eigenvalue weighted by atomic mass is 32.1. The molecule has 0 saturated carbocycles. The highest BCUT2D eigenvalue weighted by Crippen LogP contribution is 2.20. The van der Waals surface area contributed by atoms with Gasteiger partial charge in [0.1, 0.15) is 5.75 Å². The monoisotopic (exact) mass is 330 g/mol. The van der Waals surface area contributed by atoms with Crippen LogP contribution in [-0.4, -0.2) is 23.4 Å². The first-order valence-corrected chi connectivity index (χ1v) is 7.55. The van der Waals surface area contributed by atoms with E-state index in [1.165, 1.54) is 10.5 Å². The van der Waals surface area contributed by atoms with Gasteiger partial charge in [0.25, 0.3) is 5.17 Å². The van der Waals surface area contributed by atoms with E-state index < -0.39 is 6.09 Å². The molecule has 0 bridgehead atoms. The third-order valence-corrected chi connectivity index (χ3v) is 3.40. The Morgan fingerprint density at radius 2 is 1.96 bits per heavy atom. The molecule has 0 radical (unpaired) electrons. The molecule has 5 nitrogen and oxygen atoms in total. The number of hydrogen-bond acceptors (Lipinski definition) is 3. The minimum absolute atomic E-state index is 0.346. The van der Waals surface area contributed by atoms with Crippen LogP contribution in [0.1, 0.15) is 12.5 Å². The fourth-order valence-corrected chi connectivity index (χ4v) is 2.11. The van der Waals surface area contributed by atoms with Gasteiger partial charge >= 0.3 is 6.09 Å². The Hall–Kier alpha value is -2.60. The predicted molar refractivity (Wildman–Crippen MR) is 95.5 cm³/mol. The number of rotatable bonds is 4. The number of thiocarbonyl (C=S) groups is 1. The minimum Gasteiger partial charge on any atom is -0.486 e. The first-order valence-electron chi connectivity index (χ1n) is 7.14. The zero-order valence-corrected chi connectivity index (χ0v) is 13.8. The van der Waals surface area contributed by atoms with Gasteiger partial charge in [0, 0.05) is 24.5 Å². The Bertz CT molecular complexity index is 701. The molecule has 2 rings (SSSR count). The summed E-state index contributed by atoms with van der Waals surface area (Å²) in [5.74, 6) is 0.355. The lowest BCUT2D eigenvalue weighted by Gasteiger charge is -2.17. The maximum Gasteiger partial charge on any atom is 0.419 e. The molecule has 0 unspecified atom stereocenters. The van der Waals surface area contributed by atoms with Crippen molar-refractivity contribution in [2.75, 3.05) is 17.3 Å². The van der Waals surface area contributed by atoms with Crippen molar-refractivity contribution in [2.24, 2.45) is 0 Å². The molecule has 23 heavy (non-hydrogen) atoms. The average molecular weight is 330 g/mol. The Morgan fingerprint density at radius 3 is 2.57 bits per heavy atom. The number of carbonyl (C=O) groups is 1. The number of benzene rings is 2. The number of aliphatic hydroxyl groups excluding tert-OH is 1. The SMILES string of the molecule is CCc1ccc(N(C)C(=O)Oc2cccc(NC(O)=S)c2)cc1. The molecule has 0 aliphatic rings. The van der Waals surface area contributed by atoms with Gasteiger partial charge in [-0.1, -0.05) is 25.1 Å². The number of hydrogen-bond donors (Lipinski definition) is 2. The molecule has 6 heteroatoms. The van der Waals surface area contributed by atoms with Crippen molar-refractivity contribution in [2.45, 2.75) is 13.3 Å². The summed E-state index contributed by atoms with van der Waals surface area (Å²) in [7, 11) is 1.65. The van der Waals surface area contributed by atoms with Crippen LogP contribution in [-0.2, 0) is 6.42 Å². The number of nitrogens with zero attached hydrogens (tertiary/aromatic N) is 1. The fraction of sp³-hybridized carbons (Fsp3) is 0.176. The van der Waals surface area contributed by atoms with Gasteiger partial charge in [0.15, 0.2) is 0 Å². The zero-order valence-electron chi connectivity index (χ0n) is 12.9.